The van der Waals surface area contributed by atoms with Crippen LogP contribution in [-0.4, -0.2) is 13.6 Å². The molecule has 0 heterocycles. The highest BCUT2D eigenvalue weighted by atomic mass is 14.8. The molecule has 1 N–H and O–H groups in total. The van der Waals surface area contributed by atoms with Crippen LogP contribution in [0.15, 0.2) is 0 Å². The van der Waals surface area contributed by atoms with E-state index in [4.69, 9.17) is 0 Å². The summed E-state index contributed by atoms with van der Waals surface area (Å²) in [7, 11) is 2.05. The van der Waals surface area contributed by atoms with E-state index < -0.39 is 0 Å². The molecule has 0 saturated carbocycles. The van der Waals surface area contributed by atoms with E-state index in [0.717, 1.165) is 24.3 Å². The van der Waals surface area contributed by atoms with Crippen LogP contribution in [0.4, 0.5) is 0 Å². The van der Waals surface area contributed by atoms with Gasteiger partial charge in [0.1, 0.15) is 0 Å². The van der Waals surface area contributed by atoms with Crippen LogP contribution in [0, 0.1) is 17.8 Å². The molecule has 0 aromatic rings. The molecule has 3 atom stereocenters. The van der Waals surface area contributed by atoms with Crippen LogP contribution in [0.25, 0.3) is 0 Å². The second kappa shape index (κ2) is 10.1. The molecule has 98 valence electrons. The van der Waals surface area contributed by atoms with Crippen molar-refractivity contribution in [1.82, 2.24) is 5.32 Å². The molecule has 0 amide bonds. The Morgan fingerprint density at radius 2 is 1.69 bits per heavy atom. The summed E-state index contributed by atoms with van der Waals surface area (Å²) in [6, 6.07) is 0. The van der Waals surface area contributed by atoms with Gasteiger partial charge < -0.3 is 5.32 Å². The quantitative estimate of drug-likeness (QED) is 0.543. The Labute approximate surface area is 103 Å². The fraction of sp³-hybridized carbons (Fsp3) is 1.00. The molecule has 0 aliphatic heterocycles. The van der Waals surface area contributed by atoms with Crippen molar-refractivity contribution in [3.05, 3.63) is 0 Å². The lowest BCUT2D eigenvalue weighted by atomic mass is 9.78. The van der Waals surface area contributed by atoms with Crippen LogP contribution in [0.1, 0.15) is 66.2 Å². The third kappa shape index (κ3) is 6.52. The number of hydrogen-bond acceptors (Lipinski definition) is 1. The summed E-state index contributed by atoms with van der Waals surface area (Å²) in [5, 5.41) is 3.26. The van der Waals surface area contributed by atoms with Gasteiger partial charge >= 0.3 is 0 Å². The fourth-order valence-electron chi connectivity index (χ4n) is 2.59. The first-order valence-corrected chi connectivity index (χ1v) is 7.31. The highest BCUT2D eigenvalue weighted by Crippen LogP contribution is 2.29. The van der Waals surface area contributed by atoms with Crippen molar-refractivity contribution in [2.75, 3.05) is 13.6 Å². The van der Waals surface area contributed by atoms with Crippen molar-refractivity contribution >= 4 is 0 Å². The second-order valence-electron chi connectivity index (χ2n) is 5.39. The van der Waals surface area contributed by atoms with Crippen LogP contribution >= 0.6 is 0 Å². The average molecular weight is 227 g/mol. The van der Waals surface area contributed by atoms with Crippen LogP contribution in [0.3, 0.4) is 0 Å². The molecule has 0 aromatic carbocycles. The molecule has 0 aliphatic rings. The highest BCUT2D eigenvalue weighted by molar-refractivity contribution is 4.71. The van der Waals surface area contributed by atoms with Crippen LogP contribution < -0.4 is 5.32 Å². The van der Waals surface area contributed by atoms with Crippen molar-refractivity contribution in [2.45, 2.75) is 66.2 Å². The largest absolute Gasteiger partial charge is 0.320 e. The van der Waals surface area contributed by atoms with Gasteiger partial charge in [0.25, 0.3) is 0 Å². The summed E-state index contributed by atoms with van der Waals surface area (Å²) >= 11 is 0. The molecule has 0 fully saturated rings. The first kappa shape index (κ1) is 16.0. The lowest BCUT2D eigenvalue weighted by Crippen LogP contribution is -2.22. The first-order valence-electron chi connectivity index (χ1n) is 7.31. The van der Waals surface area contributed by atoms with Crippen LogP contribution in [0.2, 0.25) is 0 Å². The summed E-state index contributed by atoms with van der Waals surface area (Å²) in [6.07, 6.45) is 8.30. The number of nitrogens with one attached hydrogen (secondary N) is 1. The predicted octanol–water partition coefficient (Wildman–Crippen LogP) is 4.47. The van der Waals surface area contributed by atoms with Gasteiger partial charge in [-0.25, -0.2) is 0 Å². The van der Waals surface area contributed by atoms with Gasteiger partial charge in [-0.15, -0.1) is 0 Å². The monoisotopic (exact) mass is 227 g/mol. The molecule has 3 unspecified atom stereocenters. The Balaban J connectivity index is 3.92. The summed E-state index contributed by atoms with van der Waals surface area (Å²) in [6.45, 7) is 10.7. The van der Waals surface area contributed by atoms with Gasteiger partial charge in [0.2, 0.25) is 0 Å². The Bertz CT molecular complexity index is 144. The van der Waals surface area contributed by atoms with Crippen LogP contribution in [-0.2, 0) is 0 Å². The van der Waals surface area contributed by atoms with Gasteiger partial charge in [-0.1, -0.05) is 59.8 Å². The lowest BCUT2D eigenvalue weighted by molar-refractivity contribution is 0.227. The van der Waals surface area contributed by atoms with Gasteiger partial charge in [0.05, 0.1) is 0 Å². The van der Waals surface area contributed by atoms with E-state index in [2.05, 4.69) is 40.1 Å². The summed E-state index contributed by atoms with van der Waals surface area (Å²) in [5.41, 5.74) is 0. The van der Waals surface area contributed by atoms with Crippen molar-refractivity contribution in [2.24, 2.45) is 17.8 Å². The van der Waals surface area contributed by atoms with Gasteiger partial charge in [-0.05, 0) is 37.8 Å². The molecular formula is C15H33N. The summed E-state index contributed by atoms with van der Waals surface area (Å²) in [5.74, 6) is 2.69. The van der Waals surface area contributed by atoms with Crippen molar-refractivity contribution in [3.63, 3.8) is 0 Å². The smallest absolute Gasteiger partial charge is 0.00493 e. The normalized spacial score (nSPS) is 17.1. The van der Waals surface area contributed by atoms with Gasteiger partial charge in [-0.3, -0.25) is 0 Å². The first-order chi connectivity index (χ1) is 7.67. The van der Waals surface area contributed by atoms with Gasteiger partial charge in [0.15, 0.2) is 0 Å². The van der Waals surface area contributed by atoms with E-state index in [-0.39, 0.29) is 0 Å². The average Bonchev–Trinajstić information content (AvgIpc) is 2.31. The van der Waals surface area contributed by atoms with Gasteiger partial charge in [0, 0.05) is 0 Å². The molecule has 1 heteroatoms. The molecule has 0 saturated heterocycles. The Hall–Kier alpha value is -0.0400. The Morgan fingerprint density at radius 1 is 1.00 bits per heavy atom. The molecule has 0 rings (SSSR count). The molecule has 1 nitrogen and oxygen atoms in total. The molecule has 0 spiro atoms. The molecule has 0 aliphatic carbocycles. The zero-order chi connectivity index (χ0) is 12.4. The number of unbranched alkanes of at least 4 members (excludes halogenated alkanes) is 2. The molecule has 0 aromatic heterocycles. The maximum atomic E-state index is 3.26. The molecule has 0 bridgehead atoms. The van der Waals surface area contributed by atoms with E-state index in [9.17, 15) is 0 Å². The standard InChI is InChI=1S/C15H33N/c1-6-8-9-10-15(7-2)14(4)13(3)11-12-16-5/h13-16H,6-12H2,1-5H3. The number of rotatable bonds is 10. The topological polar surface area (TPSA) is 12.0 Å². The maximum Gasteiger partial charge on any atom is -0.00493 e. The van der Waals surface area contributed by atoms with E-state index in [0.29, 0.717) is 0 Å². The van der Waals surface area contributed by atoms with E-state index in [1.807, 2.05) is 0 Å². The number of hydrogen-bond donors (Lipinski definition) is 1. The fourth-order valence-corrected chi connectivity index (χ4v) is 2.59. The van der Waals surface area contributed by atoms with E-state index in [1.54, 1.807) is 0 Å². The minimum atomic E-state index is 0.860. The molecule has 0 radical (unpaired) electrons. The summed E-state index contributed by atoms with van der Waals surface area (Å²) < 4.78 is 0. The van der Waals surface area contributed by atoms with E-state index in [1.165, 1.54) is 38.5 Å². The minimum Gasteiger partial charge on any atom is -0.320 e. The van der Waals surface area contributed by atoms with Crippen molar-refractivity contribution < 1.29 is 0 Å². The van der Waals surface area contributed by atoms with Gasteiger partial charge in [-0.2, -0.15) is 0 Å². The zero-order valence-electron chi connectivity index (χ0n) is 12.2. The second-order valence-corrected chi connectivity index (χ2v) is 5.39. The van der Waals surface area contributed by atoms with E-state index >= 15 is 0 Å². The Morgan fingerprint density at radius 3 is 2.19 bits per heavy atom. The molecular weight excluding hydrogens is 194 g/mol. The van der Waals surface area contributed by atoms with Crippen molar-refractivity contribution in [1.29, 1.82) is 0 Å². The maximum absolute atomic E-state index is 3.26. The lowest BCUT2D eigenvalue weighted by Gasteiger charge is -2.28. The van der Waals surface area contributed by atoms with Crippen molar-refractivity contribution in [3.8, 4) is 0 Å². The molecule has 16 heavy (non-hydrogen) atoms. The summed E-state index contributed by atoms with van der Waals surface area (Å²) in [4.78, 5) is 0. The highest BCUT2D eigenvalue weighted by Gasteiger charge is 2.20. The third-order valence-corrected chi connectivity index (χ3v) is 4.19. The zero-order valence-corrected chi connectivity index (χ0v) is 12.2. The Kier molecular flexibility index (Phi) is 10.1. The predicted molar refractivity (Wildman–Crippen MR) is 74.8 cm³/mol. The third-order valence-electron chi connectivity index (χ3n) is 4.19. The minimum absolute atomic E-state index is 0.860. The van der Waals surface area contributed by atoms with Crippen LogP contribution in [0.5, 0.6) is 0 Å². The SMILES string of the molecule is CCCCCC(CC)C(C)C(C)CCNC.